The third-order valence-corrected chi connectivity index (χ3v) is 4.75. The minimum Gasteiger partial charge on any atom is -0.369 e. The summed E-state index contributed by atoms with van der Waals surface area (Å²) in [5.41, 5.74) is 7.83. The molecule has 0 aliphatic rings. The van der Waals surface area contributed by atoms with E-state index in [-0.39, 0.29) is 11.1 Å². The molecule has 6 heteroatoms. The first-order chi connectivity index (χ1) is 8.90. The summed E-state index contributed by atoms with van der Waals surface area (Å²) in [7, 11) is -0.855. The molecule has 4 nitrogen and oxygen atoms in total. The number of rotatable bonds is 4. The molecule has 2 atom stereocenters. The van der Waals surface area contributed by atoms with Crippen LogP contribution in [-0.2, 0) is 17.3 Å². The number of nitrogen functional groups attached to an aromatic ring is 1. The van der Waals surface area contributed by atoms with Crippen molar-refractivity contribution in [2.75, 3.05) is 12.0 Å². The number of hydrogen-bond donors (Lipinski definition) is 1. The van der Waals surface area contributed by atoms with Crippen LogP contribution in [0.2, 0.25) is 0 Å². The molecule has 0 saturated heterocycles. The van der Waals surface area contributed by atoms with E-state index < -0.39 is 10.8 Å². The van der Waals surface area contributed by atoms with Crippen molar-refractivity contribution < 1.29 is 8.60 Å². The number of anilines is 1. The summed E-state index contributed by atoms with van der Waals surface area (Å²) in [5.74, 6) is 0.0919. The standard InChI is InChI=1S/C13H18FN3OS/c1-8-6-12-11(7-10(8)14)16-13(15)17(12)5-4-9(2)19(3)18/h6-7,9H,4-5H2,1-3H3,(H2,15,16). The molecule has 0 fully saturated rings. The largest absolute Gasteiger partial charge is 0.369 e. The Balaban J connectivity index is 2.35. The monoisotopic (exact) mass is 283 g/mol. The van der Waals surface area contributed by atoms with Crippen LogP contribution in [0.3, 0.4) is 0 Å². The zero-order valence-electron chi connectivity index (χ0n) is 11.3. The van der Waals surface area contributed by atoms with Crippen molar-refractivity contribution in [1.29, 1.82) is 0 Å². The van der Waals surface area contributed by atoms with Crippen molar-refractivity contribution in [1.82, 2.24) is 9.55 Å². The minimum absolute atomic E-state index is 0.0957. The summed E-state index contributed by atoms with van der Waals surface area (Å²) in [4.78, 5) is 4.16. The molecule has 1 aromatic heterocycles. The SMILES string of the molecule is Cc1cc2c(cc1F)nc(N)n2CCC(C)S(C)=O. The van der Waals surface area contributed by atoms with Crippen molar-refractivity contribution in [2.45, 2.75) is 32.1 Å². The van der Waals surface area contributed by atoms with Crippen LogP contribution in [0.15, 0.2) is 12.1 Å². The van der Waals surface area contributed by atoms with Gasteiger partial charge in [-0.25, -0.2) is 9.37 Å². The maximum Gasteiger partial charge on any atom is 0.201 e. The van der Waals surface area contributed by atoms with E-state index in [2.05, 4.69) is 4.98 Å². The van der Waals surface area contributed by atoms with Gasteiger partial charge in [0.15, 0.2) is 0 Å². The molecular formula is C13H18FN3OS. The summed E-state index contributed by atoms with van der Waals surface area (Å²) >= 11 is 0. The van der Waals surface area contributed by atoms with Crippen LogP contribution in [0.5, 0.6) is 0 Å². The van der Waals surface area contributed by atoms with Crippen LogP contribution in [0.4, 0.5) is 10.3 Å². The zero-order valence-corrected chi connectivity index (χ0v) is 12.1. The second kappa shape index (κ2) is 5.28. The normalized spacial score (nSPS) is 14.7. The lowest BCUT2D eigenvalue weighted by Crippen LogP contribution is -2.14. The third kappa shape index (κ3) is 2.78. The Labute approximate surface area is 114 Å². The Bertz CT molecular complexity index is 638. The maximum atomic E-state index is 13.5. The minimum atomic E-state index is -0.855. The van der Waals surface area contributed by atoms with Crippen LogP contribution in [0.25, 0.3) is 11.0 Å². The molecule has 2 aromatic rings. The van der Waals surface area contributed by atoms with E-state index in [1.54, 1.807) is 19.2 Å². The van der Waals surface area contributed by atoms with Crippen LogP contribution in [0.1, 0.15) is 18.9 Å². The molecule has 0 bridgehead atoms. The number of fused-ring (bicyclic) bond motifs is 1. The lowest BCUT2D eigenvalue weighted by Gasteiger charge is -2.10. The predicted octanol–water partition coefficient (Wildman–Crippen LogP) is 2.22. The number of aromatic nitrogens is 2. The molecule has 0 aliphatic heterocycles. The highest BCUT2D eigenvalue weighted by atomic mass is 32.2. The summed E-state index contributed by atoms with van der Waals surface area (Å²) < 4.78 is 26.7. The van der Waals surface area contributed by atoms with E-state index in [1.807, 2.05) is 11.5 Å². The highest BCUT2D eigenvalue weighted by molar-refractivity contribution is 7.84. The zero-order chi connectivity index (χ0) is 14.2. The Hall–Kier alpha value is -1.43. The van der Waals surface area contributed by atoms with Gasteiger partial charge in [0.1, 0.15) is 5.82 Å². The van der Waals surface area contributed by atoms with E-state index >= 15 is 0 Å². The third-order valence-electron chi connectivity index (χ3n) is 3.38. The molecule has 0 radical (unpaired) electrons. The molecule has 2 unspecified atom stereocenters. The van der Waals surface area contributed by atoms with E-state index in [1.165, 1.54) is 6.07 Å². The first kappa shape index (κ1) is 14.0. The number of aryl methyl sites for hydroxylation is 2. The van der Waals surface area contributed by atoms with Gasteiger partial charge in [0.25, 0.3) is 0 Å². The second-order valence-electron chi connectivity index (χ2n) is 4.81. The Kier molecular flexibility index (Phi) is 3.89. The fourth-order valence-corrected chi connectivity index (χ4v) is 2.42. The first-order valence-corrected chi connectivity index (χ1v) is 7.76. The highest BCUT2D eigenvalue weighted by Crippen LogP contribution is 2.22. The van der Waals surface area contributed by atoms with Gasteiger partial charge in [-0.2, -0.15) is 0 Å². The van der Waals surface area contributed by atoms with Gasteiger partial charge in [-0.3, -0.25) is 4.21 Å². The molecule has 19 heavy (non-hydrogen) atoms. The average molecular weight is 283 g/mol. The topological polar surface area (TPSA) is 60.9 Å². The quantitative estimate of drug-likeness (QED) is 0.936. The van der Waals surface area contributed by atoms with Gasteiger partial charge in [-0.05, 0) is 25.0 Å². The molecule has 0 spiro atoms. The smallest absolute Gasteiger partial charge is 0.201 e. The number of imidazole rings is 1. The summed E-state index contributed by atoms with van der Waals surface area (Å²) in [6, 6.07) is 3.15. The van der Waals surface area contributed by atoms with Crippen molar-refractivity contribution in [3.05, 3.63) is 23.5 Å². The molecule has 1 aromatic carbocycles. The summed E-state index contributed by atoms with van der Waals surface area (Å²) in [6.45, 7) is 4.29. The lowest BCUT2D eigenvalue weighted by atomic mass is 10.2. The molecule has 2 rings (SSSR count). The average Bonchev–Trinajstić information content (AvgIpc) is 2.62. The Morgan fingerprint density at radius 1 is 1.53 bits per heavy atom. The molecule has 0 amide bonds. The number of nitrogens with two attached hydrogens (primary N) is 1. The number of nitrogens with zero attached hydrogens (tertiary/aromatic N) is 2. The van der Waals surface area contributed by atoms with Crippen molar-refractivity contribution in [3.8, 4) is 0 Å². The molecule has 0 saturated carbocycles. The molecule has 1 heterocycles. The number of hydrogen-bond acceptors (Lipinski definition) is 3. The molecule has 2 N–H and O–H groups in total. The van der Waals surface area contributed by atoms with Gasteiger partial charge >= 0.3 is 0 Å². The predicted molar refractivity (Wildman–Crippen MR) is 77.0 cm³/mol. The fraction of sp³-hybridized carbons (Fsp3) is 0.462. The summed E-state index contributed by atoms with van der Waals surface area (Å²) in [5, 5.41) is 0.0957. The van der Waals surface area contributed by atoms with E-state index in [0.29, 0.717) is 23.6 Å². The van der Waals surface area contributed by atoms with Gasteiger partial charge in [-0.15, -0.1) is 0 Å². The van der Waals surface area contributed by atoms with Gasteiger partial charge < -0.3 is 10.3 Å². The maximum absolute atomic E-state index is 13.5. The van der Waals surface area contributed by atoms with Gasteiger partial charge in [-0.1, -0.05) is 6.92 Å². The van der Waals surface area contributed by atoms with Gasteiger partial charge in [0, 0.05) is 34.9 Å². The Morgan fingerprint density at radius 2 is 2.21 bits per heavy atom. The summed E-state index contributed by atoms with van der Waals surface area (Å²) in [6.07, 6.45) is 2.44. The van der Waals surface area contributed by atoms with Crippen molar-refractivity contribution in [3.63, 3.8) is 0 Å². The van der Waals surface area contributed by atoms with Crippen molar-refractivity contribution in [2.24, 2.45) is 0 Å². The molecular weight excluding hydrogens is 265 g/mol. The van der Waals surface area contributed by atoms with Crippen LogP contribution < -0.4 is 5.73 Å². The van der Waals surface area contributed by atoms with Crippen LogP contribution in [0, 0.1) is 12.7 Å². The van der Waals surface area contributed by atoms with Crippen LogP contribution >= 0.6 is 0 Å². The first-order valence-electron chi connectivity index (χ1n) is 6.14. The highest BCUT2D eigenvalue weighted by Gasteiger charge is 2.13. The number of halogens is 1. The fourth-order valence-electron chi connectivity index (χ4n) is 1.98. The molecule has 0 aliphatic carbocycles. The molecule has 104 valence electrons. The Morgan fingerprint density at radius 3 is 2.84 bits per heavy atom. The van der Waals surface area contributed by atoms with Crippen LogP contribution in [-0.4, -0.2) is 25.3 Å². The number of benzene rings is 1. The second-order valence-corrected chi connectivity index (χ2v) is 6.61. The van der Waals surface area contributed by atoms with Gasteiger partial charge in [0.05, 0.1) is 11.0 Å². The van der Waals surface area contributed by atoms with E-state index in [9.17, 15) is 8.60 Å². The van der Waals surface area contributed by atoms with Crippen molar-refractivity contribution >= 4 is 27.8 Å². The van der Waals surface area contributed by atoms with E-state index in [4.69, 9.17) is 5.73 Å². The van der Waals surface area contributed by atoms with Gasteiger partial charge in [0.2, 0.25) is 5.95 Å². The van der Waals surface area contributed by atoms with E-state index in [0.717, 1.165) is 11.9 Å². The lowest BCUT2D eigenvalue weighted by molar-refractivity contribution is 0.619.